The van der Waals surface area contributed by atoms with Crippen LogP contribution in [-0.4, -0.2) is 62.8 Å². The number of nitrogens with one attached hydrogen (secondary N) is 2. The zero-order chi connectivity index (χ0) is 30.2. The average molecular weight is 596 g/mol. The first-order valence-electron chi connectivity index (χ1n) is 14.2. The number of halogens is 5. The predicted molar refractivity (Wildman–Crippen MR) is 143 cm³/mol. The summed E-state index contributed by atoms with van der Waals surface area (Å²) in [5.74, 6) is -4.03. The number of carbonyl (C=O) groups is 2. The summed E-state index contributed by atoms with van der Waals surface area (Å²) in [6.45, 7) is 1.89. The van der Waals surface area contributed by atoms with Gasteiger partial charge in [0.05, 0.1) is 54.4 Å². The highest BCUT2D eigenvalue weighted by atomic mass is 19.4. The Kier molecular flexibility index (Phi) is 8.26. The molecule has 3 atom stereocenters. The molecule has 2 aromatic rings. The van der Waals surface area contributed by atoms with E-state index >= 15 is 0 Å². The summed E-state index contributed by atoms with van der Waals surface area (Å²) in [5.41, 5.74) is 1.84. The number of hydrazone groups is 1. The molecule has 2 aromatic heterocycles. The van der Waals surface area contributed by atoms with Crippen molar-refractivity contribution in [2.75, 3.05) is 7.05 Å². The third-order valence-electron chi connectivity index (χ3n) is 8.25. The topological polar surface area (TPSA) is 104 Å². The van der Waals surface area contributed by atoms with E-state index in [0.717, 1.165) is 12.8 Å². The smallest absolute Gasteiger partial charge is 0.349 e. The molecule has 1 aliphatic heterocycles. The van der Waals surface area contributed by atoms with Crippen molar-refractivity contribution in [3.63, 3.8) is 0 Å². The van der Waals surface area contributed by atoms with Crippen molar-refractivity contribution in [1.82, 2.24) is 30.2 Å². The molecule has 14 heteroatoms. The molecule has 0 saturated heterocycles. The highest BCUT2D eigenvalue weighted by Crippen LogP contribution is 2.43. The van der Waals surface area contributed by atoms with Crippen molar-refractivity contribution < 1.29 is 31.5 Å². The summed E-state index contributed by atoms with van der Waals surface area (Å²) >= 11 is 0. The van der Waals surface area contributed by atoms with Gasteiger partial charge in [0.15, 0.2) is 5.65 Å². The summed E-state index contributed by atoms with van der Waals surface area (Å²) in [6.07, 6.45) is 1.60. The number of aromatic nitrogens is 3. The first-order valence-corrected chi connectivity index (χ1v) is 14.2. The van der Waals surface area contributed by atoms with Gasteiger partial charge in [0.1, 0.15) is 0 Å². The SMILES string of the molecule is CC1C=C(C(=O)N[C@H](c2cn3ncc([C@H](NC(=O)CCC(F)(F)F)C4CC4)cc3n2)C2CCC(F)(F)CC2)C=NN1C. The van der Waals surface area contributed by atoms with Crippen LogP contribution in [0.3, 0.4) is 0 Å². The molecule has 228 valence electrons. The first kappa shape index (κ1) is 29.9. The molecule has 0 bridgehead atoms. The van der Waals surface area contributed by atoms with Crippen LogP contribution in [0.25, 0.3) is 5.65 Å². The maximum absolute atomic E-state index is 14.0. The maximum atomic E-state index is 14.0. The van der Waals surface area contributed by atoms with Crippen molar-refractivity contribution in [2.45, 2.75) is 88.5 Å². The van der Waals surface area contributed by atoms with Crippen LogP contribution in [0.1, 0.15) is 81.6 Å². The summed E-state index contributed by atoms with van der Waals surface area (Å²) < 4.78 is 67.3. The van der Waals surface area contributed by atoms with Crippen LogP contribution in [0.4, 0.5) is 22.0 Å². The van der Waals surface area contributed by atoms with Crippen LogP contribution < -0.4 is 10.6 Å². The van der Waals surface area contributed by atoms with E-state index in [9.17, 15) is 31.5 Å². The van der Waals surface area contributed by atoms with E-state index in [2.05, 4.69) is 20.8 Å². The van der Waals surface area contributed by atoms with Crippen molar-refractivity contribution in [3.8, 4) is 0 Å². The van der Waals surface area contributed by atoms with Gasteiger partial charge >= 0.3 is 6.18 Å². The zero-order valence-corrected chi connectivity index (χ0v) is 23.4. The van der Waals surface area contributed by atoms with Crippen LogP contribution in [0.5, 0.6) is 0 Å². The number of nitrogens with zero attached hydrogens (tertiary/aromatic N) is 5. The molecule has 2 saturated carbocycles. The Bertz CT molecular complexity index is 1370. The highest BCUT2D eigenvalue weighted by molar-refractivity contribution is 6.12. The quantitative estimate of drug-likeness (QED) is 0.403. The van der Waals surface area contributed by atoms with Crippen LogP contribution in [0.15, 0.2) is 35.2 Å². The molecular weight excluding hydrogens is 561 g/mol. The third-order valence-corrected chi connectivity index (χ3v) is 8.25. The minimum Gasteiger partial charge on any atom is -0.349 e. The van der Waals surface area contributed by atoms with Gasteiger partial charge in [0.2, 0.25) is 11.8 Å². The van der Waals surface area contributed by atoms with Crippen LogP contribution in [-0.2, 0) is 9.59 Å². The van der Waals surface area contributed by atoms with Gasteiger partial charge in [-0.2, -0.15) is 23.4 Å². The molecule has 0 aromatic carbocycles. The second-order valence-corrected chi connectivity index (χ2v) is 11.6. The van der Waals surface area contributed by atoms with Crippen molar-refractivity contribution in [2.24, 2.45) is 16.9 Å². The molecule has 42 heavy (non-hydrogen) atoms. The van der Waals surface area contributed by atoms with Gasteiger partial charge in [-0.15, -0.1) is 0 Å². The Balaban J connectivity index is 1.39. The zero-order valence-electron chi connectivity index (χ0n) is 23.4. The van der Waals surface area contributed by atoms with Crippen molar-refractivity contribution >= 4 is 23.7 Å². The van der Waals surface area contributed by atoms with E-state index < -0.39 is 42.9 Å². The van der Waals surface area contributed by atoms with Crippen molar-refractivity contribution in [3.05, 3.63) is 41.4 Å². The minimum atomic E-state index is -4.42. The van der Waals surface area contributed by atoms with Crippen molar-refractivity contribution in [1.29, 1.82) is 0 Å². The van der Waals surface area contributed by atoms with Gasteiger partial charge in [-0.25, -0.2) is 18.3 Å². The number of likely N-dealkylation sites (N-methyl/N-ethyl adjacent to an activating group) is 1. The average Bonchev–Trinajstić information content (AvgIpc) is 3.68. The monoisotopic (exact) mass is 595 g/mol. The fourth-order valence-electron chi connectivity index (χ4n) is 5.49. The Morgan fingerprint density at radius 2 is 1.79 bits per heavy atom. The molecule has 0 spiro atoms. The summed E-state index contributed by atoms with van der Waals surface area (Å²) in [6, 6.07) is 0.445. The lowest BCUT2D eigenvalue weighted by Crippen LogP contribution is -2.39. The number of hydrogen-bond acceptors (Lipinski definition) is 6. The lowest BCUT2D eigenvalue weighted by Gasteiger charge is -2.33. The number of fused-ring (bicyclic) bond motifs is 1. The van der Waals surface area contributed by atoms with Crippen LogP contribution >= 0.6 is 0 Å². The number of alkyl halides is 5. The maximum Gasteiger partial charge on any atom is 0.389 e. The van der Waals surface area contributed by atoms with E-state index in [-0.39, 0.29) is 49.5 Å². The van der Waals surface area contributed by atoms with Gasteiger partial charge in [0.25, 0.3) is 5.91 Å². The molecule has 2 fully saturated rings. The van der Waals surface area contributed by atoms with Gasteiger partial charge in [0, 0.05) is 26.3 Å². The minimum absolute atomic E-state index is 0.0846. The van der Waals surface area contributed by atoms with Crippen LogP contribution in [0.2, 0.25) is 0 Å². The molecule has 2 N–H and O–H groups in total. The van der Waals surface area contributed by atoms with E-state index in [1.54, 1.807) is 36.6 Å². The van der Waals surface area contributed by atoms with E-state index in [4.69, 9.17) is 4.98 Å². The largest absolute Gasteiger partial charge is 0.389 e. The predicted octanol–water partition coefficient (Wildman–Crippen LogP) is 4.87. The standard InChI is InChI=1S/C28H34F5N7O2/c1-16-11-20(14-34-39(16)2)26(42)38-25(18-5-8-27(29,30)9-6-18)21-15-40-22(36-21)12-19(13-35-40)24(17-3-4-17)37-23(41)7-10-28(31,32)33/h11-18,24-25H,3-10H2,1-2H3,(H,37,41)(H,38,42)/t16?,24-,25+/m1/s1. The Hall–Kier alpha value is -3.58. The molecule has 0 radical (unpaired) electrons. The van der Waals surface area contributed by atoms with E-state index in [1.807, 2.05) is 6.92 Å². The number of amides is 2. The highest BCUT2D eigenvalue weighted by Gasteiger charge is 2.40. The van der Waals surface area contributed by atoms with Gasteiger partial charge in [-0.1, -0.05) is 0 Å². The summed E-state index contributed by atoms with van der Waals surface area (Å²) in [5, 5.41) is 16.1. The molecule has 1 unspecified atom stereocenters. The summed E-state index contributed by atoms with van der Waals surface area (Å²) in [4.78, 5) is 30.3. The molecule has 3 aliphatic rings. The second kappa shape index (κ2) is 11.6. The molecular formula is C28H34F5N7O2. The number of imidazole rings is 1. The Labute approximate surface area is 239 Å². The molecule has 5 rings (SSSR count). The Morgan fingerprint density at radius 1 is 1.10 bits per heavy atom. The van der Waals surface area contributed by atoms with Gasteiger partial charge < -0.3 is 10.6 Å². The second-order valence-electron chi connectivity index (χ2n) is 11.6. The first-order chi connectivity index (χ1) is 19.8. The lowest BCUT2D eigenvalue weighted by molar-refractivity contribution is -0.144. The molecule has 3 heterocycles. The molecule has 9 nitrogen and oxygen atoms in total. The normalized spacial score (nSPS) is 22.5. The molecule has 2 amide bonds. The number of carbonyl (C=O) groups excluding carboxylic acids is 2. The van der Waals surface area contributed by atoms with Gasteiger partial charge in [-0.3, -0.25) is 14.6 Å². The fraction of sp³-hybridized carbons (Fsp3) is 0.607. The number of hydrogen-bond donors (Lipinski definition) is 2. The van der Waals surface area contributed by atoms with Crippen LogP contribution in [0, 0.1) is 11.8 Å². The van der Waals surface area contributed by atoms with Gasteiger partial charge in [-0.05, 0) is 62.1 Å². The third kappa shape index (κ3) is 7.24. The lowest BCUT2D eigenvalue weighted by atomic mass is 9.81. The summed E-state index contributed by atoms with van der Waals surface area (Å²) in [7, 11) is 1.79. The Morgan fingerprint density at radius 3 is 2.43 bits per heavy atom. The van der Waals surface area contributed by atoms with E-state index in [0.29, 0.717) is 22.5 Å². The van der Waals surface area contributed by atoms with E-state index in [1.165, 1.54) is 10.7 Å². The molecule has 2 aliphatic carbocycles. The number of rotatable bonds is 9. The fourth-order valence-corrected chi connectivity index (χ4v) is 5.49.